The Hall–Kier alpha value is -1.26. The second kappa shape index (κ2) is 4.30. The number of nitrogens with zero attached hydrogens (tertiary/aromatic N) is 3. The molecule has 1 N–H and O–H groups in total. The summed E-state index contributed by atoms with van der Waals surface area (Å²) in [5, 5.41) is 11.9. The third-order valence-electron chi connectivity index (χ3n) is 2.48. The first-order valence-electron chi connectivity index (χ1n) is 4.73. The van der Waals surface area contributed by atoms with Crippen LogP contribution in [0.1, 0.15) is 13.3 Å². The van der Waals surface area contributed by atoms with Gasteiger partial charge in [0.1, 0.15) is 0 Å². The number of rotatable bonds is 0. The highest BCUT2D eigenvalue weighted by atomic mass is 16.4. The molecule has 1 atom stereocenters. The van der Waals surface area contributed by atoms with Gasteiger partial charge in [0.15, 0.2) is 0 Å². The number of carbonyl (C=O) groups is 1. The van der Waals surface area contributed by atoms with Crippen LogP contribution in [0, 0.1) is 5.92 Å². The van der Waals surface area contributed by atoms with Crippen LogP contribution in [0.4, 0.5) is 4.79 Å². The van der Waals surface area contributed by atoms with E-state index in [-0.39, 0.29) is 11.9 Å². The fourth-order valence-electron chi connectivity index (χ4n) is 1.63. The van der Waals surface area contributed by atoms with Crippen molar-refractivity contribution in [2.75, 3.05) is 27.2 Å². The number of oxime groups is 1. The van der Waals surface area contributed by atoms with Gasteiger partial charge in [0.05, 0.1) is 5.71 Å². The van der Waals surface area contributed by atoms with Crippen LogP contribution in [0.3, 0.4) is 0 Å². The van der Waals surface area contributed by atoms with Crippen molar-refractivity contribution >= 4 is 11.7 Å². The van der Waals surface area contributed by atoms with Crippen LogP contribution in [-0.2, 0) is 0 Å². The largest absolute Gasteiger partial charge is 0.411 e. The van der Waals surface area contributed by atoms with Gasteiger partial charge in [0.2, 0.25) is 0 Å². The van der Waals surface area contributed by atoms with Gasteiger partial charge >= 0.3 is 6.03 Å². The number of piperidine rings is 1. The lowest BCUT2D eigenvalue weighted by Gasteiger charge is -2.33. The van der Waals surface area contributed by atoms with E-state index in [1.807, 2.05) is 6.92 Å². The Morgan fingerprint density at radius 1 is 1.64 bits per heavy atom. The minimum atomic E-state index is 0.0221. The van der Waals surface area contributed by atoms with Gasteiger partial charge in [-0.1, -0.05) is 12.1 Å². The lowest BCUT2D eigenvalue weighted by Crippen LogP contribution is -2.47. The maximum atomic E-state index is 11.6. The number of hydrogen-bond donors (Lipinski definition) is 1. The lowest BCUT2D eigenvalue weighted by atomic mass is 9.98. The first kappa shape index (κ1) is 10.8. The highest BCUT2D eigenvalue weighted by Crippen LogP contribution is 2.14. The quantitative estimate of drug-likeness (QED) is 0.464. The van der Waals surface area contributed by atoms with Gasteiger partial charge in [-0.25, -0.2) is 4.79 Å². The molecule has 1 aliphatic rings. The molecule has 0 aromatic rings. The smallest absolute Gasteiger partial charge is 0.319 e. The van der Waals surface area contributed by atoms with Gasteiger partial charge in [-0.2, -0.15) is 0 Å². The van der Waals surface area contributed by atoms with Gasteiger partial charge < -0.3 is 15.0 Å². The van der Waals surface area contributed by atoms with E-state index in [1.165, 1.54) is 0 Å². The van der Waals surface area contributed by atoms with E-state index in [1.54, 1.807) is 23.9 Å². The van der Waals surface area contributed by atoms with E-state index >= 15 is 0 Å². The molecule has 0 bridgehead atoms. The molecule has 1 rings (SSSR count). The third kappa shape index (κ3) is 2.16. The fourth-order valence-corrected chi connectivity index (χ4v) is 1.63. The van der Waals surface area contributed by atoms with Crippen molar-refractivity contribution in [3.8, 4) is 0 Å². The summed E-state index contributed by atoms with van der Waals surface area (Å²) in [5.74, 6) is 0.151. The Balaban J connectivity index is 2.59. The highest BCUT2D eigenvalue weighted by molar-refractivity contribution is 5.88. The number of urea groups is 1. The van der Waals surface area contributed by atoms with Crippen molar-refractivity contribution in [1.82, 2.24) is 9.80 Å². The van der Waals surface area contributed by atoms with Crippen LogP contribution in [0.25, 0.3) is 0 Å². The normalized spacial score (nSPS) is 25.2. The van der Waals surface area contributed by atoms with Crippen molar-refractivity contribution in [3.05, 3.63) is 0 Å². The molecule has 0 spiro atoms. The van der Waals surface area contributed by atoms with Gasteiger partial charge in [-0.05, 0) is 0 Å². The summed E-state index contributed by atoms with van der Waals surface area (Å²) >= 11 is 0. The van der Waals surface area contributed by atoms with Crippen LogP contribution < -0.4 is 0 Å². The van der Waals surface area contributed by atoms with Crippen molar-refractivity contribution in [3.63, 3.8) is 0 Å². The van der Waals surface area contributed by atoms with Crippen LogP contribution in [0.5, 0.6) is 0 Å². The molecule has 5 nitrogen and oxygen atoms in total. The zero-order chi connectivity index (χ0) is 10.7. The van der Waals surface area contributed by atoms with E-state index in [9.17, 15) is 4.79 Å². The lowest BCUT2D eigenvalue weighted by molar-refractivity contribution is 0.163. The summed E-state index contributed by atoms with van der Waals surface area (Å²) in [7, 11) is 3.48. The Kier molecular flexibility index (Phi) is 3.33. The van der Waals surface area contributed by atoms with Crippen molar-refractivity contribution < 1.29 is 10.0 Å². The molecule has 0 aromatic carbocycles. The van der Waals surface area contributed by atoms with E-state index in [4.69, 9.17) is 5.21 Å². The Labute approximate surface area is 84.0 Å². The third-order valence-corrected chi connectivity index (χ3v) is 2.48. The molecule has 14 heavy (non-hydrogen) atoms. The summed E-state index contributed by atoms with van der Waals surface area (Å²) in [6.45, 7) is 3.24. The average Bonchev–Trinajstić information content (AvgIpc) is 2.16. The molecule has 1 aliphatic heterocycles. The zero-order valence-corrected chi connectivity index (χ0v) is 8.90. The Morgan fingerprint density at radius 3 is 2.71 bits per heavy atom. The maximum Gasteiger partial charge on any atom is 0.319 e. The highest BCUT2D eigenvalue weighted by Gasteiger charge is 2.26. The van der Waals surface area contributed by atoms with Gasteiger partial charge in [0, 0.05) is 39.5 Å². The van der Waals surface area contributed by atoms with E-state index in [0.717, 1.165) is 5.71 Å². The average molecular weight is 199 g/mol. The summed E-state index contributed by atoms with van der Waals surface area (Å²) in [6, 6.07) is 0.0221. The minimum absolute atomic E-state index is 0.0221. The number of carbonyl (C=O) groups excluding carboxylic acids is 1. The summed E-state index contributed by atoms with van der Waals surface area (Å²) in [6.07, 6.45) is 0.664. The molecule has 1 unspecified atom stereocenters. The Bertz CT molecular complexity index is 250. The van der Waals surface area contributed by atoms with E-state index < -0.39 is 0 Å². The SMILES string of the molecule is CC1CN(C(=O)N(C)C)CCC1=NO. The second-order valence-corrected chi connectivity index (χ2v) is 3.87. The van der Waals surface area contributed by atoms with Gasteiger partial charge in [0.25, 0.3) is 0 Å². The van der Waals surface area contributed by atoms with Crippen LogP contribution in [-0.4, -0.2) is 53.9 Å². The first-order valence-corrected chi connectivity index (χ1v) is 4.73. The zero-order valence-electron chi connectivity index (χ0n) is 8.90. The van der Waals surface area contributed by atoms with Crippen molar-refractivity contribution in [1.29, 1.82) is 0 Å². The fraction of sp³-hybridized carbons (Fsp3) is 0.778. The molecule has 0 saturated carbocycles. The number of likely N-dealkylation sites (tertiary alicyclic amines) is 1. The molecule has 0 radical (unpaired) electrons. The predicted octanol–water partition coefficient (Wildman–Crippen LogP) is 0.840. The summed E-state index contributed by atoms with van der Waals surface area (Å²) < 4.78 is 0. The molecule has 1 fully saturated rings. The molecule has 1 heterocycles. The van der Waals surface area contributed by atoms with Crippen molar-refractivity contribution in [2.45, 2.75) is 13.3 Å². The van der Waals surface area contributed by atoms with E-state index in [0.29, 0.717) is 19.5 Å². The van der Waals surface area contributed by atoms with E-state index in [2.05, 4.69) is 5.16 Å². The predicted molar refractivity (Wildman–Crippen MR) is 53.7 cm³/mol. The first-order chi connectivity index (χ1) is 6.56. The summed E-state index contributed by atoms with van der Waals surface area (Å²) in [5.41, 5.74) is 0.785. The van der Waals surface area contributed by atoms with Crippen LogP contribution in [0.15, 0.2) is 5.16 Å². The second-order valence-electron chi connectivity index (χ2n) is 3.87. The topological polar surface area (TPSA) is 56.1 Å². The molecule has 0 aromatic heterocycles. The molecule has 5 heteroatoms. The van der Waals surface area contributed by atoms with Crippen LogP contribution in [0.2, 0.25) is 0 Å². The van der Waals surface area contributed by atoms with Gasteiger partial charge in [-0.3, -0.25) is 0 Å². The van der Waals surface area contributed by atoms with Gasteiger partial charge in [-0.15, -0.1) is 0 Å². The molecular formula is C9H17N3O2. The number of hydrogen-bond acceptors (Lipinski definition) is 3. The van der Waals surface area contributed by atoms with Crippen LogP contribution >= 0.6 is 0 Å². The molecule has 80 valence electrons. The Morgan fingerprint density at radius 2 is 2.29 bits per heavy atom. The summed E-state index contributed by atoms with van der Waals surface area (Å²) in [4.78, 5) is 14.9. The molecular weight excluding hydrogens is 182 g/mol. The molecule has 2 amide bonds. The monoisotopic (exact) mass is 199 g/mol. The maximum absolute atomic E-state index is 11.6. The number of amides is 2. The molecule has 0 aliphatic carbocycles. The molecule has 1 saturated heterocycles. The minimum Gasteiger partial charge on any atom is -0.411 e. The van der Waals surface area contributed by atoms with Crippen molar-refractivity contribution in [2.24, 2.45) is 11.1 Å². The standard InChI is InChI=1S/C9H17N3O2/c1-7-6-12(9(13)11(2)3)5-4-8(7)10-14/h7,14H,4-6H2,1-3H3.